The summed E-state index contributed by atoms with van der Waals surface area (Å²) in [6.45, 7) is 0. The molecule has 0 saturated heterocycles. The first-order valence-electron chi connectivity index (χ1n) is 6.01. The Morgan fingerprint density at radius 3 is 2.58 bits per heavy atom. The van der Waals surface area contributed by atoms with Crippen LogP contribution in [0.2, 0.25) is 10.0 Å². The summed E-state index contributed by atoms with van der Waals surface area (Å²) < 4.78 is 0. The summed E-state index contributed by atoms with van der Waals surface area (Å²) in [6.07, 6.45) is 3.93. The van der Waals surface area contributed by atoms with Crippen molar-refractivity contribution in [3.05, 3.63) is 40.6 Å². The molecule has 0 radical (unpaired) electrons. The molecule has 1 aromatic heterocycles. The topological polar surface area (TPSA) is 49.8 Å². The summed E-state index contributed by atoms with van der Waals surface area (Å²) in [7, 11) is 0. The maximum atomic E-state index is 6.11. The first-order valence-corrected chi connectivity index (χ1v) is 6.77. The van der Waals surface area contributed by atoms with Crippen molar-refractivity contribution in [1.29, 1.82) is 0 Å². The van der Waals surface area contributed by atoms with Gasteiger partial charge in [0, 0.05) is 17.1 Å². The van der Waals surface area contributed by atoms with Crippen LogP contribution in [-0.4, -0.2) is 16.0 Å². The van der Waals surface area contributed by atoms with E-state index >= 15 is 0 Å². The van der Waals surface area contributed by atoms with Crippen LogP contribution >= 0.6 is 23.2 Å². The highest BCUT2D eigenvalue weighted by Gasteiger charge is 2.21. The molecule has 2 aromatic rings. The quantitative estimate of drug-likeness (QED) is 0.891. The van der Waals surface area contributed by atoms with Gasteiger partial charge in [0.1, 0.15) is 18.0 Å². The van der Waals surface area contributed by atoms with Crippen molar-refractivity contribution in [1.82, 2.24) is 9.97 Å². The summed E-state index contributed by atoms with van der Waals surface area (Å²) in [5, 5.41) is 7.64. The van der Waals surface area contributed by atoms with Gasteiger partial charge in [-0.05, 0) is 31.0 Å². The van der Waals surface area contributed by atoms with Crippen molar-refractivity contribution in [2.45, 2.75) is 18.9 Å². The van der Waals surface area contributed by atoms with Crippen molar-refractivity contribution < 1.29 is 0 Å². The summed E-state index contributed by atoms with van der Waals surface area (Å²) >= 11 is 12.0. The zero-order chi connectivity index (χ0) is 13.2. The molecule has 19 heavy (non-hydrogen) atoms. The Labute approximate surface area is 121 Å². The third-order valence-electron chi connectivity index (χ3n) is 2.79. The average molecular weight is 295 g/mol. The highest BCUT2D eigenvalue weighted by Crippen LogP contribution is 2.29. The predicted molar refractivity (Wildman–Crippen MR) is 78.4 cm³/mol. The molecule has 1 saturated carbocycles. The van der Waals surface area contributed by atoms with E-state index in [9.17, 15) is 0 Å². The van der Waals surface area contributed by atoms with Crippen LogP contribution < -0.4 is 10.6 Å². The van der Waals surface area contributed by atoms with Gasteiger partial charge in [0.15, 0.2) is 0 Å². The molecule has 6 heteroatoms. The Morgan fingerprint density at radius 1 is 1.05 bits per heavy atom. The molecule has 1 aromatic carbocycles. The Hall–Kier alpha value is -1.52. The Morgan fingerprint density at radius 2 is 1.84 bits per heavy atom. The minimum atomic E-state index is 0.557. The van der Waals surface area contributed by atoms with Crippen molar-refractivity contribution in [2.24, 2.45) is 0 Å². The van der Waals surface area contributed by atoms with E-state index in [1.54, 1.807) is 12.1 Å². The molecule has 98 valence electrons. The lowest BCUT2D eigenvalue weighted by atomic mass is 10.3. The minimum absolute atomic E-state index is 0.557. The fourth-order valence-corrected chi connectivity index (χ4v) is 2.13. The molecule has 0 bridgehead atoms. The predicted octanol–water partition coefficient (Wildman–Crippen LogP) is 4.10. The fraction of sp³-hybridized carbons (Fsp3) is 0.231. The molecule has 2 N–H and O–H groups in total. The number of benzene rings is 1. The summed E-state index contributed by atoms with van der Waals surface area (Å²) in [5.74, 6) is 1.52. The van der Waals surface area contributed by atoms with E-state index in [4.69, 9.17) is 23.2 Å². The maximum Gasteiger partial charge on any atom is 0.135 e. The van der Waals surface area contributed by atoms with E-state index in [-0.39, 0.29) is 0 Å². The number of hydrogen-bond donors (Lipinski definition) is 2. The van der Waals surface area contributed by atoms with Gasteiger partial charge in [-0.3, -0.25) is 0 Å². The third kappa shape index (κ3) is 3.28. The summed E-state index contributed by atoms with van der Waals surface area (Å²) in [6, 6.07) is 7.71. The zero-order valence-corrected chi connectivity index (χ0v) is 11.5. The largest absolute Gasteiger partial charge is 0.367 e. The lowest BCUT2D eigenvalue weighted by Gasteiger charge is -2.09. The van der Waals surface area contributed by atoms with Crippen LogP contribution in [0.15, 0.2) is 30.6 Å². The first kappa shape index (κ1) is 12.5. The molecule has 1 heterocycles. The molecule has 4 nitrogen and oxygen atoms in total. The van der Waals surface area contributed by atoms with E-state index in [0.29, 0.717) is 21.9 Å². The molecule has 0 unspecified atom stereocenters. The SMILES string of the molecule is Clc1ccc(Nc2cc(NC3CC3)ncn2)c(Cl)c1. The fourth-order valence-electron chi connectivity index (χ4n) is 1.67. The van der Waals surface area contributed by atoms with Gasteiger partial charge in [-0.2, -0.15) is 0 Å². The molecule has 0 spiro atoms. The lowest BCUT2D eigenvalue weighted by molar-refractivity contribution is 1.08. The maximum absolute atomic E-state index is 6.11. The van der Waals surface area contributed by atoms with Crippen molar-refractivity contribution >= 4 is 40.5 Å². The van der Waals surface area contributed by atoms with Gasteiger partial charge in [0.2, 0.25) is 0 Å². The number of anilines is 3. The lowest BCUT2D eigenvalue weighted by Crippen LogP contribution is -2.04. The van der Waals surface area contributed by atoms with Crippen LogP contribution in [0.3, 0.4) is 0 Å². The van der Waals surface area contributed by atoms with Crippen LogP contribution in [0.1, 0.15) is 12.8 Å². The second-order valence-electron chi connectivity index (χ2n) is 4.46. The van der Waals surface area contributed by atoms with Gasteiger partial charge >= 0.3 is 0 Å². The second kappa shape index (κ2) is 5.23. The van der Waals surface area contributed by atoms with Crippen molar-refractivity contribution in [2.75, 3.05) is 10.6 Å². The minimum Gasteiger partial charge on any atom is -0.367 e. The first-order chi connectivity index (χ1) is 9.20. The monoisotopic (exact) mass is 294 g/mol. The average Bonchev–Trinajstić information content (AvgIpc) is 3.17. The molecule has 1 aliphatic carbocycles. The molecule has 1 aliphatic rings. The molecular weight excluding hydrogens is 283 g/mol. The molecular formula is C13H12Cl2N4. The van der Waals surface area contributed by atoms with Gasteiger partial charge < -0.3 is 10.6 Å². The van der Waals surface area contributed by atoms with Gasteiger partial charge in [-0.1, -0.05) is 23.2 Å². The Bertz CT molecular complexity index is 599. The van der Waals surface area contributed by atoms with Crippen LogP contribution in [0.5, 0.6) is 0 Å². The summed E-state index contributed by atoms with van der Waals surface area (Å²) in [4.78, 5) is 8.35. The van der Waals surface area contributed by atoms with Crippen LogP contribution in [0.25, 0.3) is 0 Å². The van der Waals surface area contributed by atoms with Gasteiger partial charge in [0.25, 0.3) is 0 Å². The zero-order valence-electron chi connectivity index (χ0n) is 10.0. The third-order valence-corrected chi connectivity index (χ3v) is 3.34. The van der Waals surface area contributed by atoms with Gasteiger partial charge in [-0.25, -0.2) is 9.97 Å². The normalized spacial score (nSPS) is 14.2. The second-order valence-corrected chi connectivity index (χ2v) is 5.30. The van der Waals surface area contributed by atoms with E-state index in [1.807, 2.05) is 12.1 Å². The smallest absolute Gasteiger partial charge is 0.135 e. The Balaban J connectivity index is 1.78. The standard InChI is InChI=1S/C13H12Cl2N4/c14-8-1-4-11(10(15)5-8)19-13-6-12(16-7-17-13)18-9-2-3-9/h1,4-7,9H,2-3H2,(H2,16,17,18,19). The van der Waals surface area contributed by atoms with Crippen molar-refractivity contribution in [3.63, 3.8) is 0 Å². The molecule has 1 fully saturated rings. The molecule has 3 rings (SSSR count). The van der Waals surface area contributed by atoms with E-state index in [0.717, 1.165) is 11.5 Å². The van der Waals surface area contributed by atoms with Crippen LogP contribution in [-0.2, 0) is 0 Å². The van der Waals surface area contributed by atoms with Crippen LogP contribution in [0, 0.1) is 0 Å². The number of rotatable bonds is 4. The van der Waals surface area contributed by atoms with Gasteiger partial charge in [0.05, 0.1) is 10.7 Å². The van der Waals surface area contributed by atoms with Crippen LogP contribution in [0.4, 0.5) is 17.3 Å². The highest BCUT2D eigenvalue weighted by molar-refractivity contribution is 6.36. The number of hydrogen-bond acceptors (Lipinski definition) is 4. The van der Waals surface area contributed by atoms with E-state index < -0.39 is 0 Å². The number of halogens is 2. The molecule has 0 aliphatic heterocycles. The number of nitrogens with one attached hydrogen (secondary N) is 2. The molecule has 0 amide bonds. The van der Waals surface area contributed by atoms with E-state index in [1.165, 1.54) is 19.2 Å². The number of aromatic nitrogens is 2. The summed E-state index contributed by atoms with van der Waals surface area (Å²) in [5.41, 5.74) is 0.766. The Kier molecular flexibility index (Phi) is 3.44. The molecule has 0 atom stereocenters. The van der Waals surface area contributed by atoms with Crippen molar-refractivity contribution in [3.8, 4) is 0 Å². The van der Waals surface area contributed by atoms with E-state index in [2.05, 4.69) is 20.6 Å². The van der Waals surface area contributed by atoms with Gasteiger partial charge in [-0.15, -0.1) is 0 Å². The highest BCUT2D eigenvalue weighted by atomic mass is 35.5. The number of nitrogens with zero attached hydrogens (tertiary/aromatic N) is 2.